The predicted molar refractivity (Wildman–Crippen MR) is 136 cm³/mol. The average Bonchev–Trinajstić information content (AvgIpc) is 3.46. The minimum atomic E-state index is -0.661. The Hall–Kier alpha value is -2.97. The molecule has 3 aromatic rings. The maximum Gasteiger partial charge on any atom is 0.251 e. The minimum Gasteiger partial charge on any atom is -0.471 e. The number of carbonyl (C=O) groups is 1. The Balaban J connectivity index is 1.55. The first kappa shape index (κ1) is 26.1. The molecule has 0 bridgehead atoms. The third-order valence-electron chi connectivity index (χ3n) is 5.41. The minimum absolute atomic E-state index is 0.0282. The standard InChI is InChI=1S/C19H22N9O5P3/c1-22-17(30)10-4-9(2-3-11(10)26-27-21)6-32-18-15-16(24-19(20)25-18)28(8-23-15)14-5-12(29)13(33-14)7-34-36-35-31/h2-4,8,12-14,29,34,36H,5-7H2,1H3,(H,22,30)(H2,20,24,25). The van der Waals surface area contributed by atoms with Crippen molar-refractivity contribution < 1.29 is 23.9 Å². The molecule has 0 saturated carbocycles. The number of nitrogens with two attached hydrogens (primary N) is 1. The lowest BCUT2D eigenvalue weighted by atomic mass is 10.1. The molecule has 17 heteroatoms. The molecular formula is C19H22N9O5P3. The van der Waals surface area contributed by atoms with E-state index in [4.69, 9.17) is 20.7 Å². The van der Waals surface area contributed by atoms with Gasteiger partial charge in [-0.3, -0.25) is 13.9 Å². The van der Waals surface area contributed by atoms with Gasteiger partial charge in [-0.05, 0) is 31.3 Å². The Labute approximate surface area is 209 Å². The number of fused-ring (bicyclic) bond motifs is 1. The van der Waals surface area contributed by atoms with Gasteiger partial charge in [0.25, 0.3) is 5.91 Å². The number of aliphatic hydroxyl groups excluding tert-OH is 1. The number of imidazole rings is 1. The van der Waals surface area contributed by atoms with Gasteiger partial charge in [-0.2, -0.15) is 9.97 Å². The number of rotatable bonds is 10. The fourth-order valence-corrected chi connectivity index (χ4v) is 6.94. The average molecular weight is 549 g/mol. The van der Waals surface area contributed by atoms with Crippen LogP contribution in [0.3, 0.4) is 0 Å². The van der Waals surface area contributed by atoms with Gasteiger partial charge in [-0.15, -0.1) is 0 Å². The Morgan fingerprint density at radius 3 is 3.08 bits per heavy atom. The van der Waals surface area contributed by atoms with Gasteiger partial charge >= 0.3 is 0 Å². The summed E-state index contributed by atoms with van der Waals surface area (Å²) in [5.41, 5.74) is 16.4. The highest BCUT2D eigenvalue weighted by Crippen LogP contribution is 2.48. The highest BCUT2D eigenvalue weighted by atomic mass is 32.4. The van der Waals surface area contributed by atoms with Gasteiger partial charge < -0.3 is 25.6 Å². The van der Waals surface area contributed by atoms with Gasteiger partial charge in [0.1, 0.15) is 12.8 Å². The van der Waals surface area contributed by atoms with Crippen LogP contribution in [0.25, 0.3) is 21.6 Å². The maximum atomic E-state index is 12.2. The number of carbonyl (C=O) groups excluding carboxylic acids is 1. The van der Waals surface area contributed by atoms with Crippen LogP contribution in [0.15, 0.2) is 29.6 Å². The van der Waals surface area contributed by atoms with Crippen LogP contribution in [0.1, 0.15) is 28.6 Å². The number of hydrogen-bond acceptors (Lipinski definition) is 10. The van der Waals surface area contributed by atoms with E-state index in [2.05, 4.69) is 30.3 Å². The van der Waals surface area contributed by atoms with Gasteiger partial charge in [0.2, 0.25) is 11.8 Å². The molecule has 1 aromatic carbocycles. The lowest BCUT2D eigenvalue weighted by molar-refractivity contribution is -0.00389. The number of azide groups is 1. The molecule has 0 radical (unpaired) electrons. The number of benzene rings is 1. The fourth-order valence-electron chi connectivity index (χ4n) is 3.74. The molecule has 188 valence electrons. The number of nitrogen functional groups attached to an aromatic ring is 1. The molecule has 1 amide bonds. The first-order valence-corrected chi connectivity index (χ1v) is 15.5. The van der Waals surface area contributed by atoms with E-state index in [1.165, 1.54) is 19.4 Å². The highest BCUT2D eigenvalue weighted by Gasteiger charge is 2.35. The van der Waals surface area contributed by atoms with Crippen LogP contribution in [-0.4, -0.2) is 56.0 Å². The van der Waals surface area contributed by atoms with Gasteiger partial charge in [0, 0.05) is 23.9 Å². The van der Waals surface area contributed by atoms with Gasteiger partial charge in [-0.1, -0.05) is 25.5 Å². The summed E-state index contributed by atoms with van der Waals surface area (Å²) < 4.78 is 24.3. The molecule has 36 heavy (non-hydrogen) atoms. The van der Waals surface area contributed by atoms with Gasteiger partial charge in [0.15, 0.2) is 19.3 Å². The monoisotopic (exact) mass is 549 g/mol. The van der Waals surface area contributed by atoms with Crippen LogP contribution in [-0.2, 0) is 15.9 Å². The summed E-state index contributed by atoms with van der Waals surface area (Å²) in [6, 6.07) is 4.75. The molecule has 0 spiro atoms. The summed E-state index contributed by atoms with van der Waals surface area (Å²) in [4.78, 5) is 27.7. The third kappa shape index (κ3) is 5.71. The normalized spacial score (nSPS) is 20.0. The summed E-state index contributed by atoms with van der Waals surface area (Å²) in [5.74, 6) is -0.294. The molecule has 1 saturated heterocycles. The number of ether oxygens (including phenoxy) is 2. The summed E-state index contributed by atoms with van der Waals surface area (Å²) >= 11 is 0. The fraction of sp³-hybridized carbons (Fsp3) is 0.368. The third-order valence-corrected chi connectivity index (χ3v) is 9.87. The lowest BCUT2D eigenvalue weighted by Gasteiger charge is -2.15. The van der Waals surface area contributed by atoms with E-state index in [1.54, 1.807) is 16.7 Å². The molecular weight excluding hydrogens is 527 g/mol. The molecule has 0 aliphatic carbocycles. The van der Waals surface area contributed by atoms with Crippen molar-refractivity contribution in [1.29, 1.82) is 0 Å². The zero-order chi connectivity index (χ0) is 25.7. The molecule has 5 atom stereocenters. The SMILES string of the molecule is CNC(=O)c1cc(COc2nc(N)nc3c2ncn3C2CC(O)C(CPPP=O)O2)ccc1N=[N+]=[N-]. The van der Waals surface area contributed by atoms with Crippen molar-refractivity contribution in [3.8, 4) is 5.88 Å². The van der Waals surface area contributed by atoms with Crippen molar-refractivity contribution in [2.75, 3.05) is 18.9 Å². The second-order valence-corrected chi connectivity index (χ2v) is 13.1. The van der Waals surface area contributed by atoms with Crippen LogP contribution < -0.4 is 15.8 Å². The first-order chi connectivity index (χ1) is 17.4. The largest absolute Gasteiger partial charge is 0.471 e. The van der Waals surface area contributed by atoms with Crippen LogP contribution in [0, 0.1) is 0 Å². The van der Waals surface area contributed by atoms with Crippen molar-refractivity contribution in [3.05, 3.63) is 46.1 Å². The first-order valence-electron chi connectivity index (χ1n) is 10.6. The molecule has 4 rings (SSSR count). The molecule has 14 nitrogen and oxygen atoms in total. The lowest BCUT2D eigenvalue weighted by Crippen LogP contribution is -2.22. The number of nitrogens with zero attached hydrogens (tertiary/aromatic N) is 7. The molecule has 4 N–H and O–H groups in total. The summed E-state index contributed by atoms with van der Waals surface area (Å²) in [6.07, 6.45) is 0.977. The molecule has 5 unspecified atom stereocenters. The molecule has 3 heterocycles. The van der Waals surface area contributed by atoms with E-state index < -0.39 is 18.2 Å². The smallest absolute Gasteiger partial charge is 0.251 e. The zero-order valence-corrected chi connectivity index (χ0v) is 21.8. The van der Waals surface area contributed by atoms with E-state index in [9.17, 15) is 14.5 Å². The number of amides is 1. The zero-order valence-electron chi connectivity index (χ0n) is 18.9. The number of nitrogens with one attached hydrogen (secondary N) is 1. The topological polar surface area (TPSA) is 203 Å². The van der Waals surface area contributed by atoms with Crippen molar-refractivity contribution in [3.63, 3.8) is 0 Å². The number of aliphatic hydroxyl groups is 1. The Morgan fingerprint density at radius 2 is 2.33 bits per heavy atom. The quantitative estimate of drug-likeness (QED) is 0.111. The maximum absolute atomic E-state index is 12.2. The van der Waals surface area contributed by atoms with E-state index in [1.807, 2.05) is 0 Å². The second kappa shape index (κ2) is 11.8. The van der Waals surface area contributed by atoms with E-state index in [0.717, 1.165) is 0 Å². The predicted octanol–water partition coefficient (Wildman–Crippen LogP) is 3.42. The Bertz CT molecular complexity index is 1330. The Kier molecular flexibility index (Phi) is 8.59. The summed E-state index contributed by atoms with van der Waals surface area (Å²) in [7, 11) is 2.33. The van der Waals surface area contributed by atoms with E-state index in [-0.39, 0.29) is 43.9 Å². The van der Waals surface area contributed by atoms with E-state index >= 15 is 0 Å². The Morgan fingerprint density at radius 1 is 1.50 bits per heavy atom. The second-order valence-electron chi connectivity index (χ2n) is 7.64. The van der Waals surface area contributed by atoms with Crippen LogP contribution >= 0.6 is 24.4 Å². The van der Waals surface area contributed by atoms with Crippen LogP contribution in [0.2, 0.25) is 0 Å². The van der Waals surface area contributed by atoms with Crippen molar-refractivity contribution >= 4 is 53.1 Å². The number of anilines is 1. The van der Waals surface area contributed by atoms with Gasteiger partial charge in [-0.25, -0.2) is 4.98 Å². The molecule has 1 aliphatic rings. The summed E-state index contributed by atoms with van der Waals surface area (Å²) in [6.45, 7) is 0.0282. The van der Waals surface area contributed by atoms with Crippen LogP contribution in [0.5, 0.6) is 5.88 Å². The molecule has 2 aromatic heterocycles. The number of hydrogen-bond donors (Lipinski definition) is 3. The van der Waals surface area contributed by atoms with Crippen molar-refractivity contribution in [2.24, 2.45) is 5.11 Å². The van der Waals surface area contributed by atoms with E-state index in [0.29, 0.717) is 45.5 Å². The summed E-state index contributed by atoms with van der Waals surface area (Å²) in [5, 5.41) is 16.5. The molecule has 1 fully saturated rings. The highest BCUT2D eigenvalue weighted by molar-refractivity contribution is 8.40. The molecule has 1 aliphatic heterocycles. The number of aromatic nitrogens is 4. The van der Waals surface area contributed by atoms with Gasteiger partial charge in [0.05, 0.1) is 24.2 Å². The van der Waals surface area contributed by atoms with Crippen molar-refractivity contribution in [2.45, 2.75) is 31.5 Å². The van der Waals surface area contributed by atoms with Crippen LogP contribution in [0.4, 0.5) is 11.6 Å². The van der Waals surface area contributed by atoms with Crippen molar-refractivity contribution in [1.82, 2.24) is 24.8 Å².